The van der Waals surface area contributed by atoms with Crippen molar-refractivity contribution in [3.05, 3.63) is 65.7 Å². The Morgan fingerprint density at radius 1 is 1.03 bits per heavy atom. The van der Waals surface area contributed by atoms with Gasteiger partial charge in [0.25, 0.3) is 0 Å². The van der Waals surface area contributed by atoms with Crippen LogP contribution in [0.25, 0.3) is 0 Å². The van der Waals surface area contributed by atoms with E-state index in [0.717, 1.165) is 36.1 Å². The molecule has 1 amide bonds. The molecular weight excluding hydrogens is 402 g/mol. The number of hydrogen-bond donors (Lipinski definition) is 1. The van der Waals surface area contributed by atoms with Gasteiger partial charge in [0.1, 0.15) is 18.0 Å². The van der Waals surface area contributed by atoms with E-state index in [1.54, 1.807) is 0 Å². The second-order valence-electron chi connectivity index (χ2n) is 10.4. The topological polar surface area (TPSA) is 59.0 Å². The van der Waals surface area contributed by atoms with Gasteiger partial charge in [0, 0.05) is 18.5 Å². The number of amides is 1. The molecule has 2 atom stereocenters. The fraction of sp³-hybridized carbons (Fsp3) is 0.519. The Kier molecular flexibility index (Phi) is 6.47. The smallest absolute Gasteiger partial charge is 0.410 e. The Balaban J connectivity index is 1.42. The van der Waals surface area contributed by atoms with E-state index in [4.69, 9.17) is 9.47 Å². The van der Waals surface area contributed by atoms with Gasteiger partial charge in [-0.3, -0.25) is 0 Å². The van der Waals surface area contributed by atoms with Gasteiger partial charge in [0.15, 0.2) is 0 Å². The molecule has 4 rings (SSSR count). The predicted octanol–water partition coefficient (Wildman–Crippen LogP) is 5.49. The van der Waals surface area contributed by atoms with Crippen molar-refractivity contribution in [3.63, 3.8) is 0 Å². The fourth-order valence-corrected chi connectivity index (χ4v) is 5.15. The molecule has 2 unspecified atom stereocenters. The summed E-state index contributed by atoms with van der Waals surface area (Å²) >= 11 is 0. The van der Waals surface area contributed by atoms with Crippen LogP contribution in [0.4, 0.5) is 4.79 Å². The molecular formula is C27H35NO4. The Morgan fingerprint density at radius 3 is 2.34 bits per heavy atom. The van der Waals surface area contributed by atoms with Crippen LogP contribution in [0.5, 0.6) is 5.75 Å². The second kappa shape index (κ2) is 9.14. The van der Waals surface area contributed by atoms with Crippen molar-refractivity contribution in [1.29, 1.82) is 0 Å². The van der Waals surface area contributed by atoms with Gasteiger partial charge < -0.3 is 19.5 Å². The third kappa shape index (κ3) is 5.63. The highest BCUT2D eigenvalue weighted by Crippen LogP contribution is 2.41. The summed E-state index contributed by atoms with van der Waals surface area (Å²) in [5.41, 5.74) is 0.840. The molecule has 2 bridgehead atoms. The summed E-state index contributed by atoms with van der Waals surface area (Å²) in [6, 6.07) is 18.2. The highest BCUT2D eigenvalue weighted by molar-refractivity contribution is 5.69. The van der Waals surface area contributed by atoms with Crippen LogP contribution in [0.1, 0.15) is 64.0 Å². The first-order valence-electron chi connectivity index (χ1n) is 11.7. The van der Waals surface area contributed by atoms with Crippen LogP contribution in [0.3, 0.4) is 0 Å². The van der Waals surface area contributed by atoms with Crippen molar-refractivity contribution in [2.75, 3.05) is 0 Å². The number of hydrogen-bond acceptors (Lipinski definition) is 4. The van der Waals surface area contributed by atoms with Crippen molar-refractivity contribution in [1.82, 2.24) is 4.90 Å². The van der Waals surface area contributed by atoms with Gasteiger partial charge in [0.2, 0.25) is 0 Å². The third-order valence-electron chi connectivity index (χ3n) is 6.38. The molecule has 0 radical (unpaired) electrons. The highest BCUT2D eigenvalue weighted by atomic mass is 16.6. The first-order valence-corrected chi connectivity index (χ1v) is 11.7. The van der Waals surface area contributed by atoms with E-state index in [1.807, 2.05) is 80.3 Å². The molecule has 0 spiro atoms. The summed E-state index contributed by atoms with van der Waals surface area (Å²) in [4.78, 5) is 14.7. The molecule has 5 nitrogen and oxygen atoms in total. The molecule has 2 aromatic rings. The molecule has 172 valence electrons. The maximum absolute atomic E-state index is 12.8. The van der Waals surface area contributed by atoms with E-state index in [1.165, 1.54) is 0 Å². The van der Waals surface area contributed by atoms with Crippen LogP contribution in [0.2, 0.25) is 0 Å². The molecule has 2 aliphatic heterocycles. The van der Waals surface area contributed by atoms with Crippen molar-refractivity contribution in [2.45, 2.75) is 89.2 Å². The van der Waals surface area contributed by atoms with Crippen LogP contribution < -0.4 is 4.74 Å². The SMILES string of the molecule is CC(C)(C)OC(=O)N1C2CCCC1CC(O)(Cc1cccc(OCc3ccccc3)c1)C2. The lowest BCUT2D eigenvalue weighted by molar-refractivity contribution is -0.0919. The maximum atomic E-state index is 12.8. The zero-order chi connectivity index (χ0) is 22.8. The van der Waals surface area contributed by atoms with Crippen molar-refractivity contribution < 1.29 is 19.4 Å². The molecule has 5 heteroatoms. The summed E-state index contributed by atoms with van der Waals surface area (Å²) in [6.45, 7) is 6.21. The summed E-state index contributed by atoms with van der Waals surface area (Å²) in [6.07, 6.45) is 4.40. The number of rotatable bonds is 5. The number of carbonyl (C=O) groups excluding carboxylic acids is 1. The zero-order valence-electron chi connectivity index (χ0n) is 19.4. The summed E-state index contributed by atoms with van der Waals surface area (Å²) in [5, 5.41) is 11.5. The average Bonchev–Trinajstić information content (AvgIpc) is 2.71. The van der Waals surface area contributed by atoms with Gasteiger partial charge in [-0.2, -0.15) is 0 Å². The Hall–Kier alpha value is -2.53. The zero-order valence-corrected chi connectivity index (χ0v) is 19.4. The Bertz CT molecular complexity index is 907. The van der Waals surface area contributed by atoms with Crippen LogP contribution in [-0.2, 0) is 17.8 Å². The second-order valence-corrected chi connectivity index (χ2v) is 10.4. The molecule has 0 aliphatic carbocycles. The summed E-state index contributed by atoms with van der Waals surface area (Å²) in [7, 11) is 0. The van der Waals surface area contributed by atoms with Gasteiger partial charge in [-0.25, -0.2) is 4.79 Å². The van der Waals surface area contributed by atoms with E-state index < -0.39 is 11.2 Å². The number of nitrogens with zero attached hydrogens (tertiary/aromatic N) is 1. The summed E-state index contributed by atoms with van der Waals surface area (Å²) < 4.78 is 11.6. The average molecular weight is 438 g/mol. The molecule has 2 saturated heterocycles. The molecule has 32 heavy (non-hydrogen) atoms. The molecule has 2 fully saturated rings. The highest BCUT2D eigenvalue weighted by Gasteiger charge is 2.48. The minimum atomic E-state index is -0.827. The molecule has 0 saturated carbocycles. The fourth-order valence-electron chi connectivity index (χ4n) is 5.15. The van der Waals surface area contributed by atoms with E-state index >= 15 is 0 Å². The maximum Gasteiger partial charge on any atom is 0.410 e. The van der Waals surface area contributed by atoms with Crippen molar-refractivity contribution in [3.8, 4) is 5.75 Å². The van der Waals surface area contributed by atoms with E-state index in [9.17, 15) is 9.90 Å². The first-order chi connectivity index (χ1) is 15.2. The van der Waals surface area contributed by atoms with E-state index in [2.05, 4.69) is 0 Å². The monoisotopic (exact) mass is 437 g/mol. The quantitative estimate of drug-likeness (QED) is 0.672. The minimum absolute atomic E-state index is 0.0277. The van der Waals surface area contributed by atoms with E-state index in [0.29, 0.717) is 25.9 Å². The summed E-state index contributed by atoms with van der Waals surface area (Å²) in [5.74, 6) is 0.807. The van der Waals surface area contributed by atoms with Gasteiger partial charge in [-0.15, -0.1) is 0 Å². The third-order valence-corrected chi connectivity index (χ3v) is 6.38. The predicted molar refractivity (Wildman–Crippen MR) is 125 cm³/mol. The van der Waals surface area contributed by atoms with Crippen LogP contribution in [0, 0.1) is 0 Å². The normalized spacial score (nSPS) is 25.3. The molecule has 0 aromatic heterocycles. The lowest BCUT2D eigenvalue weighted by Gasteiger charge is -2.51. The van der Waals surface area contributed by atoms with E-state index in [-0.39, 0.29) is 18.2 Å². The first kappa shape index (κ1) is 22.7. The molecule has 1 N–H and O–H groups in total. The van der Waals surface area contributed by atoms with Gasteiger partial charge in [-0.1, -0.05) is 42.5 Å². The Labute approximate surface area is 191 Å². The van der Waals surface area contributed by atoms with Crippen LogP contribution in [-0.4, -0.2) is 39.4 Å². The van der Waals surface area contributed by atoms with Gasteiger partial charge in [-0.05, 0) is 76.1 Å². The minimum Gasteiger partial charge on any atom is -0.489 e. The molecule has 2 aromatic carbocycles. The number of ether oxygens (including phenoxy) is 2. The lowest BCUT2D eigenvalue weighted by atomic mass is 9.73. The lowest BCUT2D eigenvalue weighted by Crippen LogP contribution is -2.61. The molecule has 2 aliphatic rings. The van der Waals surface area contributed by atoms with Gasteiger partial charge in [0.05, 0.1) is 5.60 Å². The Morgan fingerprint density at radius 2 is 1.69 bits per heavy atom. The van der Waals surface area contributed by atoms with Crippen molar-refractivity contribution in [2.24, 2.45) is 0 Å². The number of benzene rings is 2. The number of carbonyl (C=O) groups is 1. The molecule has 2 heterocycles. The number of aliphatic hydroxyl groups is 1. The van der Waals surface area contributed by atoms with Gasteiger partial charge >= 0.3 is 6.09 Å². The van der Waals surface area contributed by atoms with Crippen LogP contribution in [0.15, 0.2) is 54.6 Å². The number of fused-ring (bicyclic) bond motifs is 2. The standard InChI is InChI=1S/C27H35NO4/c1-26(2,3)32-25(29)28-22-12-8-13-23(28)18-27(30,17-22)16-21-11-7-14-24(15-21)31-19-20-9-5-4-6-10-20/h4-7,9-11,14-15,22-23,30H,8,12-13,16-19H2,1-3H3. The number of piperidine rings is 2. The van der Waals surface area contributed by atoms with Crippen molar-refractivity contribution >= 4 is 6.09 Å². The largest absolute Gasteiger partial charge is 0.489 e. The van der Waals surface area contributed by atoms with Crippen LogP contribution >= 0.6 is 0 Å².